The minimum absolute atomic E-state index is 0.0508. The van der Waals surface area contributed by atoms with Crippen molar-refractivity contribution in [2.24, 2.45) is 0 Å². The van der Waals surface area contributed by atoms with Crippen LogP contribution in [0.5, 0.6) is 11.5 Å². The van der Waals surface area contributed by atoms with Crippen LogP contribution in [-0.2, 0) is 9.59 Å². The minimum atomic E-state index is -0.983. The number of non-ortho nitro benzene ring substituents is 1. The number of ether oxygens (including phenoxy) is 1. The summed E-state index contributed by atoms with van der Waals surface area (Å²) in [5.74, 6) is -2.32. The van der Waals surface area contributed by atoms with Crippen molar-refractivity contribution in [3.05, 3.63) is 99.4 Å². The van der Waals surface area contributed by atoms with Crippen LogP contribution in [0.25, 0.3) is 6.08 Å². The lowest BCUT2D eigenvalue weighted by atomic mass is 10.1. The zero-order valence-electron chi connectivity index (χ0n) is 19.4. The number of hydrogen-bond acceptors (Lipinski definition) is 8. The molecule has 0 aliphatic carbocycles. The molecule has 0 radical (unpaired) electrons. The average molecular weight is 681 g/mol. The second-order valence-corrected chi connectivity index (χ2v) is 10.1. The van der Waals surface area contributed by atoms with Crippen LogP contribution in [0.3, 0.4) is 0 Å². The topological polar surface area (TPSA) is 162 Å². The molecule has 0 spiro atoms. The number of nitrogens with zero attached hydrogens (tertiary/aromatic N) is 3. The Morgan fingerprint density at radius 3 is 2.36 bits per heavy atom. The standard InChI is InChI=1S/C24H13Br2ClN4O8/c1-11-2-3-14(9-18(11)27)29-23(33)16(22(32)28-24(29)34)7-12-6-13(25)8-17(26)21(12)39-20-5-4-15(30(35)36)10-19(20)31(37)38/h2-10H,1H3,(H,28,32,34)/b16-7+. The predicted molar refractivity (Wildman–Crippen MR) is 147 cm³/mol. The molecule has 1 heterocycles. The number of nitro benzene ring substituents is 2. The Bertz CT molecular complexity index is 1640. The Morgan fingerprint density at radius 1 is 1.00 bits per heavy atom. The molecule has 4 rings (SSSR count). The monoisotopic (exact) mass is 678 g/mol. The van der Waals surface area contributed by atoms with Crippen molar-refractivity contribution in [1.29, 1.82) is 0 Å². The maximum absolute atomic E-state index is 13.3. The lowest BCUT2D eigenvalue weighted by molar-refractivity contribution is -0.394. The molecule has 1 aliphatic rings. The lowest BCUT2D eigenvalue weighted by Gasteiger charge is -2.26. The van der Waals surface area contributed by atoms with Crippen LogP contribution in [0.15, 0.2) is 63.0 Å². The first-order valence-electron chi connectivity index (χ1n) is 10.6. The first-order chi connectivity index (χ1) is 18.4. The van der Waals surface area contributed by atoms with Crippen LogP contribution in [-0.4, -0.2) is 27.7 Å². The molecule has 0 atom stereocenters. The first kappa shape index (κ1) is 27.9. The van der Waals surface area contributed by atoms with Gasteiger partial charge in [-0.05, 0) is 64.8 Å². The molecule has 0 bridgehead atoms. The number of anilines is 1. The number of benzene rings is 3. The molecule has 4 amide bonds. The lowest BCUT2D eigenvalue weighted by Crippen LogP contribution is -2.54. The van der Waals surface area contributed by atoms with Crippen molar-refractivity contribution >= 4 is 84.4 Å². The molecule has 0 aromatic heterocycles. The van der Waals surface area contributed by atoms with Gasteiger partial charge >= 0.3 is 11.7 Å². The summed E-state index contributed by atoms with van der Waals surface area (Å²) < 4.78 is 6.52. The Hall–Kier alpha value is -4.14. The van der Waals surface area contributed by atoms with E-state index < -0.39 is 44.6 Å². The van der Waals surface area contributed by atoms with E-state index in [1.54, 1.807) is 19.1 Å². The summed E-state index contributed by atoms with van der Waals surface area (Å²) in [5.41, 5.74) is -0.704. The van der Waals surface area contributed by atoms with Crippen molar-refractivity contribution < 1.29 is 29.0 Å². The Labute approximate surface area is 240 Å². The van der Waals surface area contributed by atoms with Gasteiger partial charge in [0.2, 0.25) is 5.75 Å². The van der Waals surface area contributed by atoms with E-state index in [1.165, 1.54) is 18.2 Å². The van der Waals surface area contributed by atoms with Crippen molar-refractivity contribution in [2.75, 3.05) is 4.90 Å². The average Bonchev–Trinajstić information content (AvgIpc) is 2.85. The van der Waals surface area contributed by atoms with Crippen molar-refractivity contribution in [2.45, 2.75) is 6.92 Å². The molecule has 0 unspecified atom stereocenters. The zero-order chi connectivity index (χ0) is 28.6. The number of barbiturate groups is 1. The number of carbonyl (C=O) groups excluding carboxylic acids is 3. The number of rotatable bonds is 6. The fourth-order valence-electron chi connectivity index (χ4n) is 3.52. The number of amides is 4. The van der Waals surface area contributed by atoms with Crippen LogP contribution < -0.4 is 15.0 Å². The van der Waals surface area contributed by atoms with E-state index in [0.29, 0.717) is 15.1 Å². The van der Waals surface area contributed by atoms with E-state index in [-0.39, 0.29) is 27.2 Å². The highest BCUT2D eigenvalue weighted by molar-refractivity contribution is 9.11. The van der Waals surface area contributed by atoms with Crippen molar-refractivity contribution in [1.82, 2.24) is 5.32 Å². The van der Waals surface area contributed by atoms with E-state index in [0.717, 1.165) is 29.2 Å². The molecule has 1 fully saturated rings. The van der Waals surface area contributed by atoms with Gasteiger partial charge < -0.3 is 4.74 Å². The summed E-state index contributed by atoms with van der Waals surface area (Å²) in [5, 5.41) is 25.1. The maximum atomic E-state index is 13.3. The number of nitrogens with one attached hydrogen (secondary N) is 1. The summed E-state index contributed by atoms with van der Waals surface area (Å²) in [6.45, 7) is 1.74. The van der Waals surface area contributed by atoms with Crippen LogP contribution in [0.2, 0.25) is 5.02 Å². The molecule has 198 valence electrons. The third kappa shape index (κ3) is 5.67. The SMILES string of the molecule is Cc1ccc(N2C(=O)NC(=O)/C(=C\c3cc(Br)cc(Br)c3Oc3ccc([N+](=O)[O-])cc3[N+](=O)[O-])C2=O)cc1Cl. The summed E-state index contributed by atoms with van der Waals surface area (Å²) >= 11 is 12.8. The second-order valence-electron chi connectivity index (χ2n) is 7.97. The Morgan fingerprint density at radius 2 is 1.72 bits per heavy atom. The van der Waals surface area contributed by atoms with Gasteiger partial charge in [-0.25, -0.2) is 9.69 Å². The third-order valence-electron chi connectivity index (χ3n) is 5.41. The van der Waals surface area contributed by atoms with Crippen molar-refractivity contribution in [3.63, 3.8) is 0 Å². The molecule has 12 nitrogen and oxygen atoms in total. The highest BCUT2D eigenvalue weighted by atomic mass is 79.9. The quantitative estimate of drug-likeness (QED) is 0.134. The summed E-state index contributed by atoms with van der Waals surface area (Å²) in [4.78, 5) is 60.4. The van der Waals surface area contributed by atoms with Gasteiger partial charge in [0.25, 0.3) is 17.5 Å². The molecule has 1 saturated heterocycles. The van der Waals surface area contributed by atoms with E-state index >= 15 is 0 Å². The number of halogens is 3. The van der Waals surface area contributed by atoms with Gasteiger partial charge in [0.15, 0.2) is 0 Å². The Kier molecular flexibility index (Phi) is 7.81. The summed E-state index contributed by atoms with van der Waals surface area (Å²) in [6.07, 6.45) is 1.15. The fourth-order valence-corrected chi connectivity index (χ4v) is 5.04. The van der Waals surface area contributed by atoms with Gasteiger partial charge in [-0.2, -0.15) is 0 Å². The first-order valence-corrected chi connectivity index (χ1v) is 12.6. The number of urea groups is 1. The minimum Gasteiger partial charge on any atom is -0.448 e. The van der Waals surface area contributed by atoms with Gasteiger partial charge in [-0.15, -0.1) is 0 Å². The number of imide groups is 2. The summed E-state index contributed by atoms with van der Waals surface area (Å²) in [7, 11) is 0. The van der Waals surface area contributed by atoms with E-state index in [9.17, 15) is 34.6 Å². The number of nitro groups is 2. The third-order valence-corrected chi connectivity index (χ3v) is 6.87. The van der Waals surface area contributed by atoms with Crippen molar-refractivity contribution in [3.8, 4) is 11.5 Å². The molecule has 1 aliphatic heterocycles. The molecule has 39 heavy (non-hydrogen) atoms. The van der Waals surface area contributed by atoms with Gasteiger partial charge in [0.05, 0.1) is 26.1 Å². The van der Waals surface area contributed by atoms with Gasteiger partial charge in [0.1, 0.15) is 11.3 Å². The van der Waals surface area contributed by atoms with E-state index in [4.69, 9.17) is 16.3 Å². The predicted octanol–water partition coefficient (Wildman–Crippen LogP) is 6.45. The largest absolute Gasteiger partial charge is 0.448 e. The Balaban J connectivity index is 1.82. The van der Waals surface area contributed by atoms with Crippen LogP contribution in [0.4, 0.5) is 21.9 Å². The van der Waals surface area contributed by atoms with Crippen LogP contribution >= 0.6 is 43.5 Å². The van der Waals surface area contributed by atoms with Gasteiger partial charge in [-0.1, -0.05) is 33.6 Å². The zero-order valence-corrected chi connectivity index (χ0v) is 23.4. The molecular weight excluding hydrogens is 668 g/mol. The highest BCUT2D eigenvalue weighted by Gasteiger charge is 2.37. The molecule has 15 heteroatoms. The van der Waals surface area contributed by atoms with Gasteiger partial charge in [0, 0.05) is 21.1 Å². The van der Waals surface area contributed by atoms with Crippen LogP contribution in [0, 0.1) is 27.2 Å². The van der Waals surface area contributed by atoms with E-state index in [1.807, 2.05) is 0 Å². The number of hydrogen-bond donors (Lipinski definition) is 1. The smallest absolute Gasteiger partial charge is 0.335 e. The molecule has 3 aromatic rings. The molecule has 0 saturated carbocycles. The molecule has 1 N–H and O–H groups in total. The normalized spacial score (nSPS) is 14.4. The summed E-state index contributed by atoms with van der Waals surface area (Å²) in [6, 6.07) is 9.36. The second kappa shape index (κ2) is 10.9. The number of aryl methyl sites for hydroxylation is 1. The van der Waals surface area contributed by atoms with Gasteiger partial charge in [-0.3, -0.25) is 35.1 Å². The number of carbonyl (C=O) groups is 3. The fraction of sp³-hybridized carbons (Fsp3) is 0.0417. The molecule has 3 aromatic carbocycles. The molecular formula is C24H13Br2ClN4O8. The maximum Gasteiger partial charge on any atom is 0.335 e. The van der Waals surface area contributed by atoms with E-state index in [2.05, 4.69) is 37.2 Å². The van der Waals surface area contributed by atoms with Crippen LogP contribution in [0.1, 0.15) is 11.1 Å². The highest BCUT2D eigenvalue weighted by Crippen LogP contribution is 2.41.